The van der Waals surface area contributed by atoms with Crippen LogP contribution in [0.15, 0.2) is 30.3 Å². The molecule has 0 aromatic heterocycles. The van der Waals surface area contributed by atoms with E-state index in [0.717, 1.165) is 18.4 Å². The zero-order chi connectivity index (χ0) is 17.2. The molecule has 1 aliphatic rings. The van der Waals surface area contributed by atoms with Crippen LogP contribution in [0.4, 0.5) is 0 Å². The van der Waals surface area contributed by atoms with Crippen LogP contribution in [0.3, 0.4) is 0 Å². The van der Waals surface area contributed by atoms with Crippen LogP contribution in [0, 0.1) is 5.92 Å². The molecule has 0 spiro atoms. The Morgan fingerprint density at radius 1 is 1.25 bits per heavy atom. The third kappa shape index (κ3) is 6.68. The molecule has 1 amide bonds. The topological polar surface area (TPSA) is 84.9 Å². The number of rotatable bonds is 9. The fourth-order valence-electron chi connectivity index (χ4n) is 2.63. The summed E-state index contributed by atoms with van der Waals surface area (Å²) in [5.74, 6) is -1.72. The van der Waals surface area contributed by atoms with Crippen LogP contribution in [-0.4, -0.2) is 49.5 Å². The number of hydrogen-bond acceptors (Lipinski definition) is 4. The Kier molecular flexibility index (Phi) is 7.71. The van der Waals surface area contributed by atoms with Crippen LogP contribution < -0.4 is 5.32 Å². The van der Waals surface area contributed by atoms with E-state index in [-0.39, 0.29) is 25.0 Å². The van der Waals surface area contributed by atoms with Crippen molar-refractivity contribution in [3.63, 3.8) is 0 Å². The maximum absolute atomic E-state index is 11.9. The van der Waals surface area contributed by atoms with E-state index in [1.165, 1.54) is 0 Å². The fourth-order valence-corrected chi connectivity index (χ4v) is 2.63. The highest BCUT2D eigenvalue weighted by molar-refractivity contribution is 5.77. The molecule has 24 heavy (non-hydrogen) atoms. The number of ether oxygens (including phenoxy) is 2. The maximum Gasteiger partial charge on any atom is 0.308 e. The van der Waals surface area contributed by atoms with Gasteiger partial charge in [-0.05, 0) is 24.8 Å². The smallest absolute Gasteiger partial charge is 0.308 e. The Hall–Kier alpha value is -1.92. The standard InChI is InChI=1S/C18H25NO5/c20-17(8-11-24-16-6-9-23-10-7-16)19-13-15(18(21)22)12-14-4-2-1-3-5-14/h1-5,15-16H,6-13H2,(H,19,20)(H,21,22). The van der Waals surface area contributed by atoms with Gasteiger partial charge >= 0.3 is 5.97 Å². The van der Waals surface area contributed by atoms with Crippen molar-refractivity contribution >= 4 is 11.9 Å². The van der Waals surface area contributed by atoms with Crippen molar-refractivity contribution in [3.05, 3.63) is 35.9 Å². The predicted molar refractivity (Wildman–Crippen MR) is 88.7 cm³/mol. The highest BCUT2D eigenvalue weighted by Gasteiger charge is 2.19. The number of nitrogens with one attached hydrogen (secondary N) is 1. The first kappa shape index (κ1) is 18.4. The average molecular weight is 335 g/mol. The van der Waals surface area contributed by atoms with E-state index in [1.54, 1.807) is 0 Å². The van der Waals surface area contributed by atoms with Crippen LogP contribution >= 0.6 is 0 Å². The highest BCUT2D eigenvalue weighted by atomic mass is 16.5. The lowest BCUT2D eigenvalue weighted by Gasteiger charge is -2.22. The van der Waals surface area contributed by atoms with Crippen LogP contribution in [0.25, 0.3) is 0 Å². The summed E-state index contributed by atoms with van der Waals surface area (Å²) in [5.41, 5.74) is 0.946. The molecular formula is C18H25NO5. The number of carboxylic acids is 1. The van der Waals surface area contributed by atoms with Gasteiger partial charge in [0.2, 0.25) is 5.91 Å². The molecule has 0 bridgehead atoms. The second kappa shape index (κ2) is 10.1. The summed E-state index contributed by atoms with van der Waals surface area (Å²) in [6, 6.07) is 9.42. The van der Waals surface area contributed by atoms with E-state index in [4.69, 9.17) is 9.47 Å². The molecule has 1 aliphatic heterocycles. The molecule has 1 heterocycles. The van der Waals surface area contributed by atoms with Crippen molar-refractivity contribution in [2.24, 2.45) is 5.92 Å². The Balaban J connectivity index is 1.67. The van der Waals surface area contributed by atoms with Gasteiger partial charge in [-0.15, -0.1) is 0 Å². The lowest BCUT2D eigenvalue weighted by Crippen LogP contribution is -2.35. The zero-order valence-electron chi connectivity index (χ0n) is 13.8. The minimum absolute atomic E-state index is 0.125. The van der Waals surface area contributed by atoms with Gasteiger partial charge in [0.15, 0.2) is 0 Å². The van der Waals surface area contributed by atoms with Gasteiger partial charge in [-0.1, -0.05) is 30.3 Å². The second-order valence-corrected chi connectivity index (χ2v) is 5.96. The van der Waals surface area contributed by atoms with Crippen molar-refractivity contribution in [1.29, 1.82) is 0 Å². The van der Waals surface area contributed by atoms with Crippen molar-refractivity contribution in [2.45, 2.75) is 31.8 Å². The summed E-state index contributed by atoms with van der Waals surface area (Å²) < 4.78 is 10.9. The molecule has 2 N–H and O–H groups in total. The molecular weight excluding hydrogens is 310 g/mol. The van der Waals surface area contributed by atoms with Crippen LogP contribution in [0.5, 0.6) is 0 Å². The molecule has 0 radical (unpaired) electrons. The molecule has 1 aromatic rings. The number of benzene rings is 1. The number of carboxylic acid groups (broad SMARTS) is 1. The van der Waals surface area contributed by atoms with E-state index in [9.17, 15) is 14.7 Å². The van der Waals surface area contributed by atoms with Gasteiger partial charge < -0.3 is 19.9 Å². The third-order valence-electron chi connectivity index (χ3n) is 4.07. The maximum atomic E-state index is 11.9. The van der Waals surface area contributed by atoms with Gasteiger partial charge in [0, 0.05) is 26.2 Å². The van der Waals surface area contributed by atoms with Gasteiger partial charge in [-0.3, -0.25) is 9.59 Å². The summed E-state index contributed by atoms with van der Waals surface area (Å²) in [7, 11) is 0. The van der Waals surface area contributed by atoms with Crippen LogP contribution in [0.2, 0.25) is 0 Å². The number of aliphatic carboxylic acids is 1. The Morgan fingerprint density at radius 3 is 2.62 bits per heavy atom. The lowest BCUT2D eigenvalue weighted by molar-refractivity contribution is -0.141. The Bertz CT molecular complexity index is 513. The Labute approximate surface area is 142 Å². The molecule has 1 atom stereocenters. The summed E-state index contributed by atoms with van der Waals surface area (Å²) in [6.45, 7) is 1.89. The quantitative estimate of drug-likeness (QED) is 0.716. The number of hydrogen-bond donors (Lipinski definition) is 2. The largest absolute Gasteiger partial charge is 0.481 e. The summed E-state index contributed by atoms with van der Waals surface area (Å²) >= 11 is 0. The molecule has 1 aromatic carbocycles. The molecule has 2 rings (SSSR count). The highest BCUT2D eigenvalue weighted by Crippen LogP contribution is 2.11. The van der Waals surface area contributed by atoms with Gasteiger partial charge in [0.25, 0.3) is 0 Å². The molecule has 1 fully saturated rings. The molecule has 6 heteroatoms. The first-order valence-electron chi connectivity index (χ1n) is 8.38. The number of carbonyl (C=O) groups is 2. The second-order valence-electron chi connectivity index (χ2n) is 5.96. The Morgan fingerprint density at radius 2 is 1.96 bits per heavy atom. The van der Waals surface area contributed by atoms with Crippen LogP contribution in [0.1, 0.15) is 24.8 Å². The van der Waals surface area contributed by atoms with Crippen molar-refractivity contribution in [1.82, 2.24) is 5.32 Å². The SMILES string of the molecule is O=C(CCOC1CCOCC1)NCC(Cc1ccccc1)C(=O)O. The molecule has 0 aliphatic carbocycles. The summed E-state index contributed by atoms with van der Waals surface area (Å²) in [4.78, 5) is 23.2. The fraction of sp³-hybridized carbons (Fsp3) is 0.556. The van der Waals surface area contributed by atoms with E-state index in [2.05, 4.69) is 5.32 Å². The normalized spacial score (nSPS) is 16.5. The predicted octanol–water partition coefficient (Wildman–Crippen LogP) is 1.63. The van der Waals surface area contributed by atoms with E-state index in [0.29, 0.717) is 26.2 Å². The van der Waals surface area contributed by atoms with Crippen molar-refractivity contribution in [3.8, 4) is 0 Å². The van der Waals surface area contributed by atoms with Gasteiger partial charge in [0.1, 0.15) is 0 Å². The third-order valence-corrected chi connectivity index (χ3v) is 4.07. The summed E-state index contributed by atoms with van der Waals surface area (Å²) in [5, 5.41) is 12.0. The first-order chi connectivity index (χ1) is 11.6. The zero-order valence-corrected chi connectivity index (χ0v) is 13.8. The van der Waals surface area contributed by atoms with Gasteiger partial charge in [-0.25, -0.2) is 0 Å². The minimum atomic E-state index is -0.905. The van der Waals surface area contributed by atoms with Gasteiger partial charge in [-0.2, -0.15) is 0 Å². The van der Waals surface area contributed by atoms with Crippen molar-refractivity contribution in [2.75, 3.05) is 26.4 Å². The van der Waals surface area contributed by atoms with Crippen molar-refractivity contribution < 1.29 is 24.2 Å². The van der Waals surface area contributed by atoms with Gasteiger partial charge in [0.05, 0.1) is 18.6 Å². The first-order valence-corrected chi connectivity index (χ1v) is 8.38. The summed E-state index contributed by atoms with van der Waals surface area (Å²) in [6.07, 6.45) is 2.53. The average Bonchev–Trinajstić information content (AvgIpc) is 2.60. The lowest BCUT2D eigenvalue weighted by atomic mass is 9.99. The molecule has 6 nitrogen and oxygen atoms in total. The number of amides is 1. The molecule has 0 saturated carbocycles. The number of carbonyl (C=O) groups excluding carboxylic acids is 1. The van der Waals surface area contributed by atoms with Crippen LogP contribution in [-0.2, 0) is 25.5 Å². The van der Waals surface area contributed by atoms with E-state index < -0.39 is 11.9 Å². The molecule has 1 unspecified atom stereocenters. The molecule has 132 valence electrons. The minimum Gasteiger partial charge on any atom is -0.481 e. The van der Waals surface area contributed by atoms with E-state index in [1.807, 2.05) is 30.3 Å². The van der Waals surface area contributed by atoms with E-state index >= 15 is 0 Å². The molecule has 1 saturated heterocycles. The monoisotopic (exact) mass is 335 g/mol.